The van der Waals surface area contributed by atoms with Gasteiger partial charge in [-0.1, -0.05) is 0 Å². The van der Waals surface area contributed by atoms with Gasteiger partial charge in [-0.3, -0.25) is 4.79 Å². The number of anilines is 1. The number of nitrogens with one attached hydrogen (secondary N) is 1. The Hall–Kier alpha value is -1.75. The van der Waals surface area contributed by atoms with Gasteiger partial charge in [-0.2, -0.15) is 11.8 Å². The Morgan fingerprint density at radius 3 is 3.14 bits per heavy atom. The second-order valence-electron chi connectivity index (χ2n) is 5.70. The number of hydrogen-bond acceptors (Lipinski definition) is 4. The maximum atomic E-state index is 12.1. The van der Waals surface area contributed by atoms with E-state index in [4.69, 9.17) is 0 Å². The highest BCUT2D eigenvalue weighted by Crippen LogP contribution is 2.31. The summed E-state index contributed by atoms with van der Waals surface area (Å²) in [6.45, 7) is 1.11. The first kappa shape index (κ1) is 13.0. The quantitative estimate of drug-likeness (QED) is 0.879. The van der Waals surface area contributed by atoms with Crippen molar-refractivity contribution < 1.29 is 0 Å². The maximum Gasteiger partial charge on any atom is 0.255 e. The zero-order valence-electron chi connectivity index (χ0n) is 12.0. The number of rotatable bonds is 1. The van der Waals surface area contributed by atoms with Crippen molar-refractivity contribution in [3.8, 4) is 11.4 Å². The average molecular weight is 299 g/mol. The maximum absolute atomic E-state index is 12.1. The fraction of sp³-hybridized carbons (Fsp3) is 0.375. The summed E-state index contributed by atoms with van der Waals surface area (Å²) >= 11 is 1.75. The van der Waals surface area contributed by atoms with E-state index in [1.54, 1.807) is 11.8 Å². The van der Waals surface area contributed by atoms with Crippen LogP contribution < -0.4 is 10.5 Å². The highest BCUT2D eigenvalue weighted by molar-refractivity contribution is 7.98. The smallest absolute Gasteiger partial charge is 0.255 e. The van der Waals surface area contributed by atoms with Crippen LogP contribution in [-0.4, -0.2) is 23.6 Å². The van der Waals surface area contributed by atoms with E-state index in [0.29, 0.717) is 5.82 Å². The van der Waals surface area contributed by atoms with Gasteiger partial charge >= 0.3 is 0 Å². The van der Waals surface area contributed by atoms with E-state index in [0.717, 1.165) is 41.3 Å². The molecule has 0 radical (unpaired) electrons. The molecule has 4 nitrogen and oxygen atoms in total. The number of thioether (sulfide) groups is 1. The van der Waals surface area contributed by atoms with E-state index < -0.39 is 0 Å². The Balaban J connectivity index is 1.81. The van der Waals surface area contributed by atoms with Crippen molar-refractivity contribution in [2.45, 2.75) is 24.3 Å². The normalized spacial score (nSPS) is 16.7. The Kier molecular flexibility index (Phi) is 3.03. The number of nitrogens with zero attached hydrogens (tertiary/aromatic N) is 2. The monoisotopic (exact) mass is 299 g/mol. The van der Waals surface area contributed by atoms with Crippen molar-refractivity contribution in [3.05, 3.63) is 45.4 Å². The van der Waals surface area contributed by atoms with Crippen molar-refractivity contribution in [3.63, 3.8) is 0 Å². The van der Waals surface area contributed by atoms with Crippen LogP contribution in [0.5, 0.6) is 0 Å². The Morgan fingerprint density at radius 2 is 2.24 bits per heavy atom. The summed E-state index contributed by atoms with van der Waals surface area (Å²) in [7, 11) is 2.13. The van der Waals surface area contributed by atoms with Crippen LogP contribution in [0.3, 0.4) is 0 Å². The molecule has 0 saturated heterocycles. The third-order valence-electron chi connectivity index (χ3n) is 4.29. The first-order valence-electron chi connectivity index (χ1n) is 7.26. The summed E-state index contributed by atoms with van der Waals surface area (Å²) in [5.74, 6) is 2.34. The van der Waals surface area contributed by atoms with E-state index >= 15 is 0 Å². The number of aromatic amines is 1. The molecule has 1 aromatic carbocycles. The molecule has 0 atom stereocenters. The van der Waals surface area contributed by atoms with Crippen LogP contribution in [0.1, 0.15) is 23.2 Å². The summed E-state index contributed by atoms with van der Waals surface area (Å²) in [5.41, 5.74) is 5.48. The topological polar surface area (TPSA) is 49.0 Å². The molecular weight excluding hydrogens is 282 g/mol. The van der Waals surface area contributed by atoms with Crippen LogP contribution in [0.4, 0.5) is 5.69 Å². The zero-order valence-corrected chi connectivity index (χ0v) is 12.8. The largest absolute Gasteiger partial charge is 0.374 e. The van der Waals surface area contributed by atoms with E-state index in [1.807, 2.05) is 0 Å². The number of aryl methyl sites for hydroxylation is 1. The number of H-pyrrole nitrogens is 1. The minimum Gasteiger partial charge on any atom is -0.374 e. The molecule has 108 valence electrons. The molecule has 21 heavy (non-hydrogen) atoms. The molecule has 0 aliphatic carbocycles. The van der Waals surface area contributed by atoms with Gasteiger partial charge in [0, 0.05) is 41.9 Å². The van der Waals surface area contributed by atoms with Crippen LogP contribution in [0.2, 0.25) is 0 Å². The predicted molar refractivity (Wildman–Crippen MR) is 86.9 cm³/mol. The fourth-order valence-electron chi connectivity index (χ4n) is 3.13. The van der Waals surface area contributed by atoms with Gasteiger partial charge in [-0.05, 0) is 36.6 Å². The van der Waals surface area contributed by atoms with Gasteiger partial charge in [-0.15, -0.1) is 0 Å². The van der Waals surface area contributed by atoms with Gasteiger partial charge in [0.1, 0.15) is 5.82 Å². The first-order valence-corrected chi connectivity index (χ1v) is 8.42. The Bertz CT molecular complexity index is 769. The van der Waals surface area contributed by atoms with Gasteiger partial charge in [-0.25, -0.2) is 4.98 Å². The van der Waals surface area contributed by atoms with Gasteiger partial charge in [0.2, 0.25) is 0 Å². The van der Waals surface area contributed by atoms with Crippen LogP contribution in [0, 0.1) is 0 Å². The molecule has 4 rings (SSSR count). The molecule has 0 unspecified atom stereocenters. The molecule has 0 bridgehead atoms. The molecule has 3 heterocycles. The molecule has 1 N–H and O–H groups in total. The minimum atomic E-state index is 0.0230. The van der Waals surface area contributed by atoms with Gasteiger partial charge < -0.3 is 9.88 Å². The van der Waals surface area contributed by atoms with Crippen LogP contribution in [0.15, 0.2) is 23.0 Å². The van der Waals surface area contributed by atoms with Crippen LogP contribution in [0.25, 0.3) is 11.4 Å². The van der Waals surface area contributed by atoms with E-state index in [9.17, 15) is 4.79 Å². The summed E-state index contributed by atoms with van der Waals surface area (Å²) in [6, 6.07) is 6.39. The lowest BCUT2D eigenvalue weighted by Gasteiger charge is -2.27. The molecule has 2 aromatic rings. The van der Waals surface area contributed by atoms with Crippen molar-refractivity contribution in [2.75, 3.05) is 18.5 Å². The van der Waals surface area contributed by atoms with Crippen LogP contribution in [-0.2, 0) is 17.9 Å². The molecule has 1 aromatic heterocycles. The summed E-state index contributed by atoms with van der Waals surface area (Å²) in [4.78, 5) is 22.0. The highest BCUT2D eigenvalue weighted by atomic mass is 32.2. The van der Waals surface area contributed by atoms with E-state index in [-0.39, 0.29) is 5.56 Å². The number of benzene rings is 1. The van der Waals surface area contributed by atoms with Crippen molar-refractivity contribution in [1.29, 1.82) is 0 Å². The summed E-state index contributed by atoms with van der Waals surface area (Å²) < 4.78 is 0. The lowest BCUT2D eigenvalue weighted by molar-refractivity contribution is 0.744. The minimum absolute atomic E-state index is 0.0230. The van der Waals surface area contributed by atoms with E-state index in [1.165, 1.54) is 17.7 Å². The molecule has 0 amide bonds. The molecule has 0 spiro atoms. The average Bonchev–Trinajstić information content (AvgIpc) is 2.96. The lowest BCUT2D eigenvalue weighted by Crippen LogP contribution is -2.24. The standard InChI is InChI=1S/C16H17N3OS/c1-19-6-2-3-10-7-11(4-5-14(10)19)15-17-13-9-21-8-12(13)16(20)18-15/h4-5,7H,2-3,6,8-9H2,1H3,(H,17,18,20). The molecular formula is C16H17N3OS. The van der Waals surface area contributed by atoms with Crippen molar-refractivity contribution in [1.82, 2.24) is 9.97 Å². The number of fused-ring (bicyclic) bond motifs is 2. The molecule has 0 saturated carbocycles. The number of aromatic nitrogens is 2. The van der Waals surface area contributed by atoms with Gasteiger partial charge in [0.25, 0.3) is 5.56 Å². The molecule has 0 fully saturated rings. The first-order chi connectivity index (χ1) is 10.2. The summed E-state index contributed by atoms with van der Waals surface area (Å²) in [5, 5.41) is 0. The second kappa shape index (κ2) is 4.91. The molecule has 5 heteroatoms. The fourth-order valence-corrected chi connectivity index (χ4v) is 4.17. The SMILES string of the molecule is CN1CCCc2cc(-c3nc4c(c(=O)[nH]3)CSC4)ccc21. The zero-order chi connectivity index (χ0) is 14.4. The highest BCUT2D eigenvalue weighted by Gasteiger charge is 2.19. The van der Waals surface area contributed by atoms with Crippen molar-refractivity contribution >= 4 is 17.4 Å². The van der Waals surface area contributed by atoms with Crippen molar-refractivity contribution in [2.24, 2.45) is 0 Å². The summed E-state index contributed by atoms with van der Waals surface area (Å²) in [6.07, 6.45) is 2.27. The number of hydrogen-bond donors (Lipinski definition) is 1. The van der Waals surface area contributed by atoms with Crippen LogP contribution >= 0.6 is 11.8 Å². The second-order valence-corrected chi connectivity index (χ2v) is 6.69. The van der Waals surface area contributed by atoms with Gasteiger partial charge in [0.05, 0.1) is 5.69 Å². The third kappa shape index (κ3) is 2.16. The molecule has 2 aliphatic rings. The Morgan fingerprint density at radius 1 is 1.33 bits per heavy atom. The third-order valence-corrected chi connectivity index (χ3v) is 5.26. The lowest BCUT2D eigenvalue weighted by atomic mass is 9.99. The predicted octanol–water partition coefficient (Wildman–Crippen LogP) is 2.57. The van der Waals surface area contributed by atoms with Gasteiger partial charge in [0.15, 0.2) is 0 Å². The molecule has 2 aliphatic heterocycles. The Labute approximate surface area is 127 Å². The van der Waals surface area contributed by atoms with E-state index in [2.05, 4.69) is 40.1 Å².